The number of halogens is 3. The number of carbonyl (C=O) groups excluding carboxylic acids is 1. The van der Waals surface area contributed by atoms with Crippen LogP contribution in [0.5, 0.6) is 11.5 Å². The third kappa shape index (κ3) is 7.44. The summed E-state index contributed by atoms with van der Waals surface area (Å²) in [5.74, 6) is 1.12. The zero-order chi connectivity index (χ0) is 31.1. The molecule has 0 radical (unpaired) electrons. The number of rotatable bonds is 7. The Kier molecular flexibility index (Phi) is 10.3. The lowest BCUT2D eigenvalue weighted by molar-refractivity contribution is -0.138. The first kappa shape index (κ1) is 31.8. The molecule has 43 heavy (non-hydrogen) atoms. The summed E-state index contributed by atoms with van der Waals surface area (Å²) >= 11 is 0. The van der Waals surface area contributed by atoms with Crippen LogP contribution in [-0.2, 0) is 19.1 Å². The highest BCUT2D eigenvalue weighted by Crippen LogP contribution is 2.36. The van der Waals surface area contributed by atoms with Crippen molar-refractivity contribution in [3.8, 4) is 11.5 Å². The Balaban J connectivity index is 0.000000541. The predicted octanol–water partition coefficient (Wildman–Crippen LogP) is 6.73. The zero-order valence-corrected chi connectivity index (χ0v) is 24.8. The fourth-order valence-electron chi connectivity index (χ4n) is 5.10. The van der Waals surface area contributed by atoms with Crippen LogP contribution in [0.15, 0.2) is 55.0 Å². The second-order valence-electron chi connectivity index (χ2n) is 10.1. The maximum Gasteiger partial charge on any atom is 0.416 e. The average molecular weight is 598 g/mol. The van der Waals surface area contributed by atoms with Gasteiger partial charge in [0.05, 0.1) is 23.2 Å². The van der Waals surface area contributed by atoms with Gasteiger partial charge in [0.2, 0.25) is 0 Å². The van der Waals surface area contributed by atoms with Gasteiger partial charge >= 0.3 is 12.2 Å². The van der Waals surface area contributed by atoms with Crippen molar-refractivity contribution >= 4 is 22.8 Å². The van der Waals surface area contributed by atoms with Gasteiger partial charge < -0.3 is 30.6 Å². The van der Waals surface area contributed by atoms with Gasteiger partial charge in [0.15, 0.2) is 0 Å². The number of nitrogens with one attached hydrogen (secondary N) is 2. The molecule has 9 nitrogen and oxygen atoms in total. The Morgan fingerprint density at radius 2 is 1.88 bits per heavy atom. The molecule has 1 aromatic carbocycles. The summed E-state index contributed by atoms with van der Waals surface area (Å²) in [5, 5.41) is 3.41. The molecule has 4 heterocycles. The Morgan fingerprint density at radius 1 is 1.14 bits per heavy atom. The number of nitrogens with zero attached hydrogens (tertiary/aromatic N) is 4. The number of nitrogens with two attached hydrogens (primary N) is 1. The lowest BCUT2D eigenvalue weighted by atomic mass is 9.98. The van der Waals surface area contributed by atoms with Crippen molar-refractivity contribution in [2.45, 2.75) is 52.9 Å². The van der Waals surface area contributed by atoms with Gasteiger partial charge in [-0.15, -0.1) is 0 Å². The van der Waals surface area contributed by atoms with Crippen molar-refractivity contribution in [2.24, 2.45) is 5.73 Å². The van der Waals surface area contributed by atoms with E-state index >= 15 is 0 Å². The monoisotopic (exact) mass is 597 g/mol. The molecule has 0 fully saturated rings. The molecule has 2 amide bonds. The molecular formula is C31H38F3N7O2. The molecule has 3 aromatic heterocycles. The van der Waals surface area contributed by atoms with E-state index in [9.17, 15) is 18.0 Å². The van der Waals surface area contributed by atoms with E-state index in [0.717, 1.165) is 22.7 Å². The number of aromatic nitrogens is 3. The highest BCUT2D eigenvalue weighted by atomic mass is 19.4. The number of benzene rings is 1. The molecular weight excluding hydrogens is 559 g/mol. The molecule has 4 aromatic rings. The molecule has 0 aliphatic carbocycles. The van der Waals surface area contributed by atoms with E-state index in [1.807, 2.05) is 19.1 Å². The van der Waals surface area contributed by atoms with Gasteiger partial charge in [-0.2, -0.15) is 13.2 Å². The topological polar surface area (TPSA) is 112 Å². The summed E-state index contributed by atoms with van der Waals surface area (Å²) in [5.41, 5.74) is 6.94. The molecule has 0 saturated carbocycles. The molecule has 1 aliphatic rings. The molecule has 0 spiro atoms. The van der Waals surface area contributed by atoms with E-state index < -0.39 is 17.8 Å². The SMILES string of the molecule is CC1c2cc(Oc3ccnc4[nH]ccc34)cnc2CCN1C(=O)Nc1ccc(CN)c(C(F)(F)F)c1.CCN(CC)CC. The van der Waals surface area contributed by atoms with Crippen LogP contribution < -0.4 is 15.8 Å². The number of amides is 2. The Labute approximate surface area is 249 Å². The number of fused-ring (bicyclic) bond motifs is 2. The average Bonchev–Trinajstić information content (AvgIpc) is 3.48. The highest BCUT2D eigenvalue weighted by Gasteiger charge is 2.34. The number of hydrogen-bond acceptors (Lipinski definition) is 6. The van der Waals surface area contributed by atoms with E-state index in [2.05, 4.69) is 45.9 Å². The molecule has 0 saturated heterocycles. The van der Waals surface area contributed by atoms with Crippen LogP contribution in [0.2, 0.25) is 0 Å². The summed E-state index contributed by atoms with van der Waals surface area (Å²) in [7, 11) is 0. The molecule has 0 bridgehead atoms. The van der Waals surface area contributed by atoms with Crippen molar-refractivity contribution in [3.63, 3.8) is 0 Å². The quantitative estimate of drug-likeness (QED) is 0.218. The summed E-state index contributed by atoms with van der Waals surface area (Å²) < 4.78 is 46.2. The van der Waals surface area contributed by atoms with Crippen molar-refractivity contribution in [1.29, 1.82) is 0 Å². The Hall–Kier alpha value is -4.16. The fourth-order valence-corrected chi connectivity index (χ4v) is 5.10. The number of urea groups is 1. The Bertz CT molecular complexity index is 1530. The first-order valence-electron chi connectivity index (χ1n) is 14.4. The smallest absolute Gasteiger partial charge is 0.416 e. The van der Waals surface area contributed by atoms with Gasteiger partial charge in [0.1, 0.15) is 17.1 Å². The predicted molar refractivity (Wildman–Crippen MR) is 161 cm³/mol. The minimum absolute atomic E-state index is 0.0366. The second kappa shape index (κ2) is 13.9. The standard InChI is InChI=1S/C25H23F3N6O2.C6H15N/c1-14-19-11-17(36-22-5-8-31-23-18(22)4-7-30-23)13-32-21(19)6-9-34(14)24(35)33-16-3-2-15(12-29)20(10-16)25(26,27)28;1-4-7(5-2)6-3/h2-5,7-8,10-11,13-14H,6,9,12,29H2,1H3,(H,30,31)(H,33,35);4-6H2,1-3H3. The van der Waals surface area contributed by atoms with Gasteiger partial charge in [-0.1, -0.05) is 26.8 Å². The second-order valence-corrected chi connectivity index (χ2v) is 10.1. The van der Waals surface area contributed by atoms with Gasteiger partial charge in [-0.05, 0) is 68.0 Å². The first-order chi connectivity index (χ1) is 20.6. The molecule has 230 valence electrons. The summed E-state index contributed by atoms with van der Waals surface area (Å²) in [6.45, 7) is 12.1. The maximum atomic E-state index is 13.4. The van der Waals surface area contributed by atoms with Gasteiger partial charge in [0, 0.05) is 43.3 Å². The zero-order valence-electron chi connectivity index (χ0n) is 24.8. The van der Waals surface area contributed by atoms with Crippen LogP contribution >= 0.6 is 0 Å². The molecule has 12 heteroatoms. The van der Waals surface area contributed by atoms with Gasteiger partial charge in [-0.3, -0.25) is 4.98 Å². The number of H-pyrrole nitrogens is 1. The molecule has 1 atom stereocenters. The van der Waals surface area contributed by atoms with E-state index in [4.69, 9.17) is 10.5 Å². The minimum Gasteiger partial charge on any atom is -0.455 e. The highest BCUT2D eigenvalue weighted by molar-refractivity contribution is 5.90. The van der Waals surface area contributed by atoms with Gasteiger partial charge in [0.25, 0.3) is 0 Å². The largest absolute Gasteiger partial charge is 0.455 e. The van der Waals surface area contributed by atoms with Crippen LogP contribution in [0.4, 0.5) is 23.7 Å². The van der Waals surface area contributed by atoms with Crippen molar-refractivity contribution in [3.05, 3.63) is 77.4 Å². The fraction of sp³-hybridized carbons (Fsp3) is 0.387. The van der Waals surface area contributed by atoms with E-state index in [-0.39, 0.29) is 23.8 Å². The van der Waals surface area contributed by atoms with Crippen LogP contribution in [0, 0.1) is 0 Å². The minimum atomic E-state index is -4.57. The number of ether oxygens (including phenoxy) is 1. The number of pyridine rings is 2. The van der Waals surface area contributed by atoms with E-state index in [0.29, 0.717) is 30.1 Å². The summed E-state index contributed by atoms with van der Waals surface area (Å²) in [6.07, 6.45) is 0.979. The lowest BCUT2D eigenvalue weighted by Gasteiger charge is -2.34. The van der Waals surface area contributed by atoms with Crippen LogP contribution in [-0.4, -0.2) is 57.0 Å². The Morgan fingerprint density at radius 3 is 2.53 bits per heavy atom. The van der Waals surface area contributed by atoms with Crippen LogP contribution in [0.25, 0.3) is 11.0 Å². The third-order valence-corrected chi connectivity index (χ3v) is 7.62. The number of hydrogen-bond donors (Lipinski definition) is 3. The van der Waals surface area contributed by atoms with Crippen molar-refractivity contribution in [2.75, 3.05) is 31.5 Å². The summed E-state index contributed by atoms with van der Waals surface area (Å²) in [6, 6.07) is 8.18. The number of anilines is 1. The number of carbonyl (C=O) groups is 1. The lowest BCUT2D eigenvalue weighted by Crippen LogP contribution is -2.41. The van der Waals surface area contributed by atoms with Crippen molar-refractivity contribution < 1.29 is 22.7 Å². The van der Waals surface area contributed by atoms with Crippen LogP contribution in [0.3, 0.4) is 0 Å². The van der Waals surface area contributed by atoms with Gasteiger partial charge in [-0.25, -0.2) is 9.78 Å². The molecule has 5 rings (SSSR count). The third-order valence-electron chi connectivity index (χ3n) is 7.62. The maximum absolute atomic E-state index is 13.4. The molecule has 1 aliphatic heterocycles. The molecule has 4 N–H and O–H groups in total. The molecule has 1 unspecified atom stereocenters. The number of alkyl halides is 3. The van der Waals surface area contributed by atoms with Crippen molar-refractivity contribution in [1.82, 2.24) is 24.8 Å². The van der Waals surface area contributed by atoms with Crippen LogP contribution in [0.1, 0.15) is 56.1 Å². The summed E-state index contributed by atoms with van der Waals surface area (Å²) in [4.78, 5) is 28.8. The van der Waals surface area contributed by atoms with E-state index in [1.54, 1.807) is 29.6 Å². The normalized spacial score (nSPS) is 14.7. The first-order valence-corrected chi connectivity index (χ1v) is 14.4. The number of aromatic amines is 1. The van der Waals surface area contributed by atoms with E-state index in [1.165, 1.54) is 31.8 Å².